The van der Waals surface area contributed by atoms with Crippen molar-refractivity contribution >= 4 is 11.6 Å². The van der Waals surface area contributed by atoms with Crippen molar-refractivity contribution in [3.63, 3.8) is 0 Å². The van der Waals surface area contributed by atoms with Gasteiger partial charge in [0.1, 0.15) is 5.56 Å². The number of amides is 1. The maximum absolute atomic E-state index is 13.5. The van der Waals surface area contributed by atoms with Crippen LogP contribution in [-0.2, 0) is 6.18 Å². The number of halogens is 3. The van der Waals surface area contributed by atoms with Crippen molar-refractivity contribution in [3.8, 4) is 11.3 Å². The van der Waals surface area contributed by atoms with Gasteiger partial charge in [-0.15, -0.1) is 0 Å². The third-order valence-corrected chi connectivity index (χ3v) is 3.77. The molecule has 2 aromatic heterocycles. The number of fused-ring (bicyclic) bond motifs is 1. The molecule has 0 unspecified atom stereocenters. The minimum Gasteiger partial charge on any atom is -0.350 e. The van der Waals surface area contributed by atoms with Gasteiger partial charge in [0, 0.05) is 11.6 Å². The highest BCUT2D eigenvalue weighted by Gasteiger charge is 2.36. The second-order valence-electron chi connectivity index (χ2n) is 6.31. The van der Waals surface area contributed by atoms with Crippen LogP contribution in [-0.4, -0.2) is 26.5 Å². The lowest BCUT2D eigenvalue weighted by Gasteiger charge is -2.12. The molecule has 5 nitrogen and oxygen atoms in total. The zero-order valence-electron chi connectivity index (χ0n) is 14.4. The van der Waals surface area contributed by atoms with Gasteiger partial charge in [-0.1, -0.05) is 29.8 Å². The van der Waals surface area contributed by atoms with Gasteiger partial charge in [0.25, 0.3) is 5.91 Å². The molecule has 3 rings (SSSR count). The fraction of sp³-hybridized carbons (Fsp3) is 0.278. The molecule has 0 fully saturated rings. The van der Waals surface area contributed by atoms with Gasteiger partial charge in [0.05, 0.1) is 11.9 Å². The molecular formula is C18H17F3N4O. The highest BCUT2D eigenvalue weighted by atomic mass is 19.4. The minimum absolute atomic E-state index is 0.00170. The Labute approximate surface area is 147 Å². The van der Waals surface area contributed by atoms with E-state index >= 15 is 0 Å². The molecular weight excluding hydrogens is 345 g/mol. The molecule has 26 heavy (non-hydrogen) atoms. The van der Waals surface area contributed by atoms with Gasteiger partial charge in [-0.3, -0.25) is 4.79 Å². The second kappa shape index (κ2) is 6.44. The van der Waals surface area contributed by atoms with E-state index in [4.69, 9.17) is 0 Å². The average Bonchev–Trinajstić information content (AvgIpc) is 2.97. The maximum Gasteiger partial charge on any atom is 0.433 e. The van der Waals surface area contributed by atoms with Crippen molar-refractivity contribution in [2.45, 2.75) is 33.0 Å². The van der Waals surface area contributed by atoms with Crippen LogP contribution >= 0.6 is 0 Å². The Hall–Kier alpha value is -2.90. The van der Waals surface area contributed by atoms with Crippen LogP contribution in [0.3, 0.4) is 0 Å². The van der Waals surface area contributed by atoms with Gasteiger partial charge in [0.15, 0.2) is 11.3 Å². The number of rotatable bonds is 3. The van der Waals surface area contributed by atoms with Crippen molar-refractivity contribution in [1.82, 2.24) is 19.9 Å². The Morgan fingerprint density at radius 1 is 1.19 bits per heavy atom. The van der Waals surface area contributed by atoms with Crippen LogP contribution in [0.4, 0.5) is 13.2 Å². The molecule has 3 aromatic rings. The lowest BCUT2D eigenvalue weighted by Crippen LogP contribution is -2.30. The average molecular weight is 362 g/mol. The van der Waals surface area contributed by atoms with Crippen LogP contribution in [0.5, 0.6) is 0 Å². The Balaban J connectivity index is 2.24. The first-order chi connectivity index (χ1) is 12.2. The van der Waals surface area contributed by atoms with Gasteiger partial charge < -0.3 is 5.32 Å². The molecule has 1 amide bonds. The number of aromatic nitrogens is 3. The van der Waals surface area contributed by atoms with Gasteiger partial charge in [-0.2, -0.15) is 18.3 Å². The molecule has 0 saturated heterocycles. The summed E-state index contributed by atoms with van der Waals surface area (Å²) in [5.74, 6) is -0.517. The Morgan fingerprint density at radius 3 is 2.42 bits per heavy atom. The van der Waals surface area contributed by atoms with E-state index in [2.05, 4.69) is 15.4 Å². The largest absolute Gasteiger partial charge is 0.433 e. The van der Waals surface area contributed by atoms with Crippen LogP contribution in [0.15, 0.2) is 36.5 Å². The summed E-state index contributed by atoms with van der Waals surface area (Å²) in [5.41, 5.74) is 0.518. The topological polar surface area (TPSA) is 59.3 Å². The van der Waals surface area contributed by atoms with Crippen molar-refractivity contribution in [2.75, 3.05) is 0 Å². The van der Waals surface area contributed by atoms with Crippen LogP contribution in [0, 0.1) is 6.92 Å². The summed E-state index contributed by atoms with van der Waals surface area (Å²) < 4.78 is 41.2. The molecule has 8 heteroatoms. The van der Waals surface area contributed by atoms with Crippen LogP contribution in [0.25, 0.3) is 16.9 Å². The van der Waals surface area contributed by atoms with E-state index in [9.17, 15) is 18.0 Å². The summed E-state index contributed by atoms with van der Waals surface area (Å²) in [7, 11) is 0. The molecule has 0 saturated carbocycles. The quantitative estimate of drug-likeness (QED) is 0.770. The Bertz CT molecular complexity index is 959. The SMILES string of the molecule is Cc1ccc(-c2cc(C(F)(F)F)n3ncc(C(=O)NC(C)C)c3n2)cc1. The molecule has 1 aromatic carbocycles. The molecule has 136 valence electrons. The first kappa shape index (κ1) is 17.9. The van der Waals surface area contributed by atoms with Crippen molar-refractivity contribution < 1.29 is 18.0 Å². The smallest absolute Gasteiger partial charge is 0.350 e. The highest BCUT2D eigenvalue weighted by molar-refractivity contribution is 6.00. The van der Waals surface area contributed by atoms with Crippen LogP contribution < -0.4 is 5.32 Å². The number of carbonyl (C=O) groups excluding carboxylic acids is 1. The summed E-state index contributed by atoms with van der Waals surface area (Å²) in [5, 5.41) is 6.38. The maximum atomic E-state index is 13.5. The number of carbonyl (C=O) groups is 1. The van der Waals surface area contributed by atoms with Crippen molar-refractivity contribution in [2.24, 2.45) is 0 Å². The van der Waals surface area contributed by atoms with E-state index in [1.807, 2.05) is 6.92 Å². The fourth-order valence-electron chi connectivity index (χ4n) is 2.54. The lowest BCUT2D eigenvalue weighted by molar-refractivity contribution is -0.142. The van der Waals surface area contributed by atoms with E-state index in [1.165, 1.54) is 0 Å². The van der Waals surface area contributed by atoms with Gasteiger partial charge in [0.2, 0.25) is 0 Å². The van der Waals surface area contributed by atoms with Crippen molar-refractivity contribution in [1.29, 1.82) is 0 Å². The zero-order valence-corrected chi connectivity index (χ0v) is 14.4. The zero-order chi connectivity index (χ0) is 19.1. The summed E-state index contributed by atoms with van der Waals surface area (Å²) in [6, 6.07) is 7.74. The van der Waals surface area contributed by atoms with Gasteiger partial charge in [-0.25, -0.2) is 9.50 Å². The monoisotopic (exact) mass is 362 g/mol. The normalized spacial score (nSPS) is 12.0. The van der Waals surface area contributed by atoms with E-state index in [1.54, 1.807) is 38.1 Å². The number of hydrogen-bond donors (Lipinski definition) is 1. The third kappa shape index (κ3) is 3.40. The molecule has 0 bridgehead atoms. The third-order valence-electron chi connectivity index (χ3n) is 3.77. The Kier molecular flexibility index (Phi) is 4.43. The standard InChI is InChI=1S/C18H17F3N4O/c1-10(2)23-17(26)13-9-22-25-15(18(19,20)21)8-14(24-16(13)25)12-6-4-11(3)5-7-12/h4-10H,1-3H3,(H,23,26). The molecule has 1 N–H and O–H groups in total. The molecule has 0 radical (unpaired) electrons. The fourth-order valence-corrected chi connectivity index (χ4v) is 2.54. The number of aryl methyl sites for hydroxylation is 1. The highest BCUT2D eigenvalue weighted by Crippen LogP contribution is 2.32. The van der Waals surface area contributed by atoms with Crippen LogP contribution in [0.1, 0.15) is 35.5 Å². The number of alkyl halides is 3. The van der Waals surface area contributed by atoms with Gasteiger partial charge in [-0.05, 0) is 26.8 Å². The number of nitrogens with zero attached hydrogens (tertiary/aromatic N) is 3. The molecule has 0 atom stereocenters. The Morgan fingerprint density at radius 2 is 1.85 bits per heavy atom. The first-order valence-corrected chi connectivity index (χ1v) is 8.00. The number of nitrogens with one attached hydrogen (secondary N) is 1. The lowest BCUT2D eigenvalue weighted by atomic mass is 10.1. The summed E-state index contributed by atoms with van der Waals surface area (Å²) in [4.78, 5) is 16.6. The van der Waals surface area contributed by atoms with E-state index < -0.39 is 17.8 Å². The van der Waals surface area contributed by atoms with E-state index in [-0.39, 0.29) is 22.9 Å². The predicted molar refractivity (Wildman–Crippen MR) is 90.8 cm³/mol. The summed E-state index contributed by atoms with van der Waals surface area (Å²) >= 11 is 0. The van der Waals surface area contributed by atoms with E-state index in [0.29, 0.717) is 10.1 Å². The van der Waals surface area contributed by atoms with Gasteiger partial charge >= 0.3 is 6.18 Å². The van der Waals surface area contributed by atoms with Crippen molar-refractivity contribution in [3.05, 3.63) is 53.3 Å². The molecule has 2 heterocycles. The summed E-state index contributed by atoms with van der Waals surface area (Å²) in [6.07, 6.45) is -3.54. The second-order valence-corrected chi connectivity index (χ2v) is 6.31. The predicted octanol–water partition coefficient (Wildman–Crippen LogP) is 3.86. The number of benzene rings is 1. The molecule has 0 aliphatic heterocycles. The molecule has 0 aliphatic rings. The van der Waals surface area contributed by atoms with E-state index in [0.717, 1.165) is 17.8 Å². The molecule has 0 spiro atoms. The van der Waals surface area contributed by atoms with Crippen LogP contribution in [0.2, 0.25) is 0 Å². The number of hydrogen-bond acceptors (Lipinski definition) is 3. The summed E-state index contributed by atoms with van der Waals surface area (Å²) in [6.45, 7) is 5.40. The minimum atomic E-state index is -4.64. The first-order valence-electron chi connectivity index (χ1n) is 8.00. The molecule has 0 aliphatic carbocycles.